The summed E-state index contributed by atoms with van der Waals surface area (Å²) in [4.78, 5) is 33.2. The molecule has 0 saturated heterocycles. The van der Waals surface area contributed by atoms with Crippen molar-refractivity contribution in [1.82, 2.24) is 0 Å². The van der Waals surface area contributed by atoms with Crippen LogP contribution in [0.2, 0.25) is 0 Å². The van der Waals surface area contributed by atoms with Crippen LogP contribution in [0.25, 0.3) is 10.8 Å². The molecule has 3 N–H and O–H groups in total. The molecule has 0 aliphatic rings. The van der Waals surface area contributed by atoms with Gasteiger partial charge in [0.2, 0.25) is 0 Å². The number of hydrogen-bond acceptors (Lipinski definition) is 6. The Morgan fingerprint density at radius 1 is 1.00 bits per heavy atom. The molecule has 0 aliphatic carbocycles. The van der Waals surface area contributed by atoms with E-state index in [9.17, 15) is 37.8 Å². The Morgan fingerprint density at radius 2 is 1.60 bits per heavy atom. The number of nitro benzene ring substituents is 1. The molecule has 0 atom stereocenters. The molecule has 1 amide bonds. The SMILES string of the molecule is O=C(O)c1cc2ccccc2cc1NC(=O)c1ccc([N+](=O)[O-])cc1S(=O)(=O)O.[H-].[Na+]. The van der Waals surface area contributed by atoms with Crippen molar-refractivity contribution < 1.29 is 63.6 Å². The molecule has 0 radical (unpaired) electrons. The fraction of sp³-hybridized carbons (Fsp3) is 0. The first-order valence-electron chi connectivity index (χ1n) is 7.91. The quantitative estimate of drug-likeness (QED) is 0.217. The molecule has 0 spiro atoms. The Bertz CT molecular complexity index is 1300. The van der Waals surface area contributed by atoms with Crippen LogP contribution in [-0.2, 0) is 10.1 Å². The number of carbonyl (C=O) groups excluding carboxylic acids is 1. The Morgan fingerprint density at radius 3 is 2.13 bits per heavy atom. The van der Waals surface area contributed by atoms with Crippen LogP contribution in [0.15, 0.2) is 59.5 Å². The van der Waals surface area contributed by atoms with E-state index in [2.05, 4.69) is 5.32 Å². The first kappa shape index (κ1) is 23.4. The summed E-state index contributed by atoms with van der Waals surface area (Å²) in [5.41, 5.74) is -1.58. The third-order valence-electron chi connectivity index (χ3n) is 4.06. The number of carbonyl (C=O) groups is 2. The Kier molecular flexibility index (Phi) is 6.95. The molecule has 12 heteroatoms. The van der Waals surface area contributed by atoms with E-state index in [4.69, 9.17) is 0 Å². The topological polar surface area (TPSA) is 164 Å². The molecule has 150 valence electrons. The fourth-order valence-electron chi connectivity index (χ4n) is 2.74. The number of carboxylic acid groups (broad SMARTS) is 1. The molecule has 3 aromatic rings. The van der Waals surface area contributed by atoms with E-state index in [0.29, 0.717) is 16.8 Å². The van der Waals surface area contributed by atoms with Crippen molar-refractivity contribution >= 4 is 44.1 Å². The predicted molar refractivity (Wildman–Crippen MR) is 103 cm³/mol. The van der Waals surface area contributed by atoms with Gasteiger partial charge in [0.1, 0.15) is 4.90 Å². The number of nitro groups is 1. The van der Waals surface area contributed by atoms with E-state index in [-0.39, 0.29) is 42.2 Å². The summed E-state index contributed by atoms with van der Waals surface area (Å²) in [6, 6.07) is 11.8. The molecule has 30 heavy (non-hydrogen) atoms. The van der Waals surface area contributed by atoms with Crippen LogP contribution in [0.3, 0.4) is 0 Å². The summed E-state index contributed by atoms with van der Waals surface area (Å²) in [5.74, 6) is -2.39. The van der Waals surface area contributed by atoms with Gasteiger partial charge in [-0.2, -0.15) is 8.42 Å². The monoisotopic (exact) mass is 440 g/mol. The number of fused-ring (bicyclic) bond motifs is 1. The van der Waals surface area contributed by atoms with E-state index in [1.165, 1.54) is 12.1 Å². The standard InChI is InChI=1S/C18H12N2O8S.Na.H/c21-17(13-6-5-12(20(24)25)9-16(13)29(26,27)28)19-15-8-11-4-2-1-3-10(11)7-14(15)18(22)23;;/h1-9H,(H,19,21)(H,22,23)(H,26,27,28);;/q;+1;-1. The summed E-state index contributed by atoms with van der Waals surface area (Å²) in [6.07, 6.45) is 0. The number of non-ortho nitro benzene ring substituents is 1. The number of hydrogen-bond donors (Lipinski definition) is 3. The van der Waals surface area contributed by atoms with Gasteiger partial charge in [-0.15, -0.1) is 0 Å². The van der Waals surface area contributed by atoms with Crippen molar-refractivity contribution in [3.8, 4) is 0 Å². The first-order valence-corrected chi connectivity index (χ1v) is 9.35. The van der Waals surface area contributed by atoms with Crippen molar-refractivity contribution in [1.29, 1.82) is 0 Å². The van der Waals surface area contributed by atoms with E-state index in [1.54, 1.807) is 24.3 Å². The van der Waals surface area contributed by atoms with Crippen LogP contribution in [0.5, 0.6) is 0 Å². The number of nitrogens with zero attached hydrogens (tertiary/aromatic N) is 1. The fourth-order valence-corrected chi connectivity index (χ4v) is 3.44. The average Bonchev–Trinajstić information content (AvgIpc) is 2.66. The maximum atomic E-state index is 12.6. The van der Waals surface area contributed by atoms with Crippen LogP contribution in [0.4, 0.5) is 11.4 Å². The number of rotatable bonds is 5. The Hall–Kier alpha value is -2.83. The number of aromatic carboxylic acids is 1. The second-order valence-electron chi connectivity index (χ2n) is 5.92. The van der Waals surface area contributed by atoms with Gasteiger partial charge in [-0.05, 0) is 29.0 Å². The second kappa shape index (κ2) is 8.90. The summed E-state index contributed by atoms with van der Waals surface area (Å²) in [7, 11) is -4.97. The zero-order chi connectivity index (χ0) is 21.3. The molecule has 0 aliphatic heterocycles. The van der Waals surface area contributed by atoms with Crippen molar-refractivity contribution in [3.63, 3.8) is 0 Å². The van der Waals surface area contributed by atoms with E-state index >= 15 is 0 Å². The summed E-state index contributed by atoms with van der Waals surface area (Å²) >= 11 is 0. The van der Waals surface area contributed by atoms with Gasteiger partial charge < -0.3 is 11.8 Å². The predicted octanol–water partition coefficient (Wildman–Crippen LogP) is 0.0617. The van der Waals surface area contributed by atoms with Gasteiger partial charge in [-0.3, -0.25) is 19.5 Å². The van der Waals surface area contributed by atoms with Crippen molar-refractivity contribution in [2.45, 2.75) is 4.90 Å². The van der Waals surface area contributed by atoms with Gasteiger partial charge in [-0.1, -0.05) is 24.3 Å². The molecule has 0 saturated carbocycles. The summed E-state index contributed by atoms with van der Waals surface area (Å²) in [6.45, 7) is 0. The molecule has 0 aromatic heterocycles. The zero-order valence-electron chi connectivity index (χ0n) is 16.4. The number of nitrogens with one attached hydrogen (secondary N) is 1. The average molecular weight is 440 g/mol. The third kappa shape index (κ3) is 4.83. The van der Waals surface area contributed by atoms with E-state index in [0.717, 1.165) is 12.1 Å². The minimum atomic E-state index is -4.97. The molecule has 10 nitrogen and oxygen atoms in total. The summed E-state index contributed by atoms with van der Waals surface area (Å²) in [5, 5.41) is 23.8. The largest absolute Gasteiger partial charge is 1.00 e. The van der Waals surface area contributed by atoms with Crippen LogP contribution in [0, 0.1) is 10.1 Å². The van der Waals surface area contributed by atoms with E-state index in [1.807, 2.05) is 0 Å². The van der Waals surface area contributed by atoms with Gasteiger partial charge in [0.15, 0.2) is 0 Å². The van der Waals surface area contributed by atoms with Gasteiger partial charge in [-0.25, -0.2) is 4.79 Å². The molecular formula is C18H13N2NaO8S. The van der Waals surface area contributed by atoms with Crippen LogP contribution >= 0.6 is 0 Å². The van der Waals surface area contributed by atoms with Crippen LogP contribution in [0.1, 0.15) is 22.1 Å². The van der Waals surface area contributed by atoms with Crippen molar-refractivity contribution in [2.24, 2.45) is 0 Å². The van der Waals surface area contributed by atoms with Crippen molar-refractivity contribution in [2.75, 3.05) is 5.32 Å². The number of anilines is 1. The maximum Gasteiger partial charge on any atom is 1.00 e. The van der Waals surface area contributed by atoms with Crippen molar-refractivity contribution in [3.05, 3.63) is 75.8 Å². The van der Waals surface area contributed by atoms with Gasteiger partial charge in [0.05, 0.1) is 21.7 Å². The minimum absolute atomic E-state index is 0. The van der Waals surface area contributed by atoms with Gasteiger partial charge in [0, 0.05) is 12.1 Å². The number of carboxylic acids is 1. The molecular weight excluding hydrogens is 427 g/mol. The van der Waals surface area contributed by atoms with Gasteiger partial charge >= 0.3 is 35.5 Å². The third-order valence-corrected chi connectivity index (χ3v) is 4.96. The molecule has 0 bridgehead atoms. The maximum absolute atomic E-state index is 12.6. The zero-order valence-corrected chi connectivity index (χ0v) is 18.2. The minimum Gasteiger partial charge on any atom is -1.00 e. The number of benzene rings is 3. The number of amides is 1. The van der Waals surface area contributed by atoms with E-state index < -0.39 is 43.1 Å². The molecule has 0 unspecified atom stereocenters. The smallest absolute Gasteiger partial charge is 1.00 e. The molecule has 3 aromatic carbocycles. The molecule has 3 rings (SSSR count). The molecule has 0 fully saturated rings. The van der Waals surface area contributed by atoms with Crippen LogP contribution < -0.4 is 34.9 Å². The Labute approximate surface area is 193 Å². The summed E-state index contributed by atoms with van der Waals surface area (Å²) < 4.78 is 32.5. The first-order chi connectivity index (χ1) is 13.6. The Balaban J connectivity index is 0.00000240. The van der Waals surface area contributed by atoms with Crippen LogP contribution in [-0.4, -0.2) is 34.9 Å². The normalized spacial score (nSPS) is 10.8. The van der Waals surface area contributed by atoms with Gasteiger partial charge in [0.25, 0.3) is 21.7 Å². The second-order valence-corrected chi connectivity index (χ2v) is 7.31. The molecule has 0 heterocycles.